The van der Waals surface area contributed by atoms with Crippen molar-refractivity contribution in [3.8, 4) is 40.0 Å². The number of ether oxygens (including phenoxy) is 3. The van der Waals surface area contributed by atoms with Gasteiger partial charge in [0.05, 0.1) is 25.6 Å². The van der Waals surface area contributed by atoms with Crippen molar-refractivity contribution in [2.45, 2.75) is 13.0 Å². The van der Waals surface area contributed by atoms with E-state index in [1.165, 1.54) is 0 Å². The third-order valence-corrected chi connectivity index (χ3v) is 5.23. The fourth-order valence-electron chi connectivity index (χ4n) is 3.58. The van der Waals surface area contributed by atoms with Gasteiger partial charge in [-0.2, -0.15) is 5.21 Å². The van der Waals surface area contributed by atoms with Crippen LogP contribution < -0.4 is 14.2 Å². The second-order valence-corrected chi connectivity index (χ2v) is 7.27. The van der Waals surface area contributed by atoms with Crippen molar-refractivity contribution in [2.24, 2.45) is 0 Å². The molecular formula is C23H21N7O3. The second-order valence-electron chi connectivity index (χ2n) is 7.27. The number of nitrogens with zero attached hydrogens (tertiary/aromatic N) is 5. The van der Waals surface area contributed by atoms with E-state index in [2.05, 4.69) is 30.6 Å². The number of fused-ring (bicyclic) bond motifs is 1. The van der Waals surface area contributed by atoms with Gasteiger partial charge >= 0.3 is 0 Å². The highest BCUT2D eigenvalue weighted by molar-refractivity contribution is 5.90. The van der Waals surface area contributed by atoms with Crippen LogP contribution >= 0.6 is 0 Å². The highest BCUT2D eigenvalue weighted by atomic mass is 16.5. The minimum absolute atomic E-state index is 0.364. The summed E-state index contributed by atoms with van der Waals surface area (Å²) in [6.45, 7) is 1.87. The first-order valence-electron chi connectivity index (χ1n) is 10.2. The molecule has 1 atom stereocenters. The van der Waals surface area contributed by atoms with Gasteiger partial charge < -0.3 is 19.2 Å². The number of H-pyrrole nitrogens is 2. The van der Waals surface area contributed by atoms with Crippen LogP contribution in [0.4, 0.5) is 0 Å². The number of hydrogen-bond acceptors (Lipinski definition) is 8. The van der Waals surface area contributed by atoms with Crippen LogP contribution in [0.1, 0.15) is 18.9 Å². The van der Waals surface area contributed by atoms with Crippen molar-refractivity contribution in [3.63, 3.8) is 0 Å². The van der Waals surface area contributed by atoms with Gasteiger partial charge in [0.15, 0.2) is 23.4 Å². The van der Waals surface area contributed by atoms with Crippen molar-refractivity contribution in [3.05, 3.63) is 60.6 Å². The molecule has 0 radical (unpaired) electrons. The number of aromatic nitrogens is 7. The Labute approximate surface area is 189 Å². The average molecular weight is 443 g/mol. The highest BCUT2D eigenvalue weighted by Crippen LogP contribution is 2.34. The Balaban J connectivity index is 1.49. The number of methoxy groups -OCH3 is 2. The third-order valence-electron chi connectivity index (χ3n) is 5.23. The largest absolute Gasteiger partial charge is 0.493 e. The van der Waals surface area contributed by atoms with Gasteiger partial charge in [-0.3, -0.25) is 0 Å². The van der Waals surface area contributed by atoms with Gasteiger partial charge in [-0.15, -0.1) is 10.2 Å². The molecule has 166 valence electrons. The van der Waals surface area contributed by atoms with Gasteiger partial charge in [0.25, 0.3) is 0 Å². The Bertz CT molecular complexity index is 1400. The summed E-state index contributed by atoms with van der Waals surface area (Å²) in [6, 6.07) is 15.3. The summed E-state index contributed by atoms with van der Waals surface area (Å²) in [7, 11) is 3.22. The molecule has 0 spiro atoms. The van der Waals surface area contributed by atoms with Gasteiger partial charge in [0.2, 0.25) is 5.82 Å². The van der Waals surface area contributed by atoms with Crippen LogP contribution in [0.3, 0.4) is 0 Å². The van der Waals surface area contributed by atoms with Crippen LogP contribution in [0.25, 0.3) is 33.7 Å². The number of tetrazole rings is 1. The fraction of sp³-hybridized carbons (Fsp3) is 0.174. The van der Waals surface area contributed by atoms with E-state index in [0.29, 0.717) is 28.9 Å². The van der Waals surface area contributed by atoms with Crippen LogP contribution in [0.2, 0.25) is 0 Å². The molecule has 2 aromatic carbocycles. The van der Waals surface area contributed by atoms with Crippen molar-refractivity contribution in [1.82, 2.24) is 35.6 Å². The molecular weight excluding hydrogens is 422 g/mol. The molecule has 5 aromatic rings. The maximum Gasteiger partial charge on any atom is 0.214 e. The second kappa shape index (κ2) is 8.58. The smallest absolute Gasteiger partial charge is 0.214 e. The lowest BCUT2D eigenvalue weighted by Crippen LogP contribution is -2.05. The highest BCUT2D eigenvalue weighted by Gasteiger charge is 2.16. The molecule has 0 aliphatic heterocycles. The maximum atomic E-state index is 6.09. The predicted octanol–water partition coefficient (Wildman–Crippen LogP) is 3.96. The molecule has 0 fully saturated rings. The summed E-state index contributed by atoms with van der Waals surface area (Å²) >= 11 is 0. The quantitative estimate of drug-likeness (QED) is 0.387. The third kappa shape index (κ3) is 3.93. The van der Waals surface area contributed by atoms with E-state index in [1.54, 1.807) is 20.4 Å². The molecule has 0 bridgehead atoms. The van der Waals surface area contributed by atoms with Crippen molar-refractivity contribution >= 4 is 10.9 Å². The lowest BCUT2D eigenvalue weighted by atomic mass is 10.1. The van der Waals surface area contributed by atoms with Crippen LogP contribution in [-0.4, -0.2) is 49.8 Å². The van der Waals surface area contributed by atoms with E-state index < -0.39 is 0 Å². The minimum atomic E-state index is -0.364. The van der Waals surface area contributed by atoms with Gasteiger partial charge in [0, 0.05) is 22.7 Å². The fourth-order valence-corrected chi connectivity index (χ4v) is 3.58. The van der Waals surface area contributed by atoms with E-state index >= 15 is 0 Å². The molecule has 10 heteroatoms. The zero-order valence-electron chi connectivity index (χ0n) is 18.2. The van der Waals surface area contributed by atoms with Crippen LogP contribution in [0.5, 0.6) is 17.2 Å². The van der Waals surface area contributed by atoms with Crippen LogP contribution in [-0.2, 0) is 0 Å². The number of aromatic amines is 2. The average Bonchev–Trinajstić information content (AvgIpc) is 3.54. The summed E-state index contributed by atoms with van der Waals surface area (Å²) in [5.41, 5.74) is 3.34. The number of rotatable bonds is 7. The minimum Gasteiger partial charge on any atom is -0.493 e. The predicted molar refractivity (Wildman–Crippen MR) is 121 cm³/mol. The Kier molecular flexibility index (Phi) is 5.31. The Morgan fingerprint density at radius 3 is 2.61 bits per heavy atom. The maximum absolute atomic E-state index is 6.09. The first kappa shape index (κ1) is 20.4. The van der Waals surface area contributed by atoms with Gasteiger partial charge in [-0.25, -0.2) is 9.97 Å². The van der Waals surface area contributed by atoms with Gasteiger partial charge in [-0.05, 0) is 49.4 Å². The zero-order valence-corrected chi connectivity index (χ0v) is 18.2. The monoisotopic (exact) mass is 443 g/mol. The standard InChI is InChI=1S/C23H21N7O3/c1-13(22-27-29-30-28-22)33-19-6-4-5-17-15(19)12-18(25-17)23-24-10-9-16(26-23)14-7-8-20(31-2)21(11-14)32-3/h4-13,25H,1-3H3,(H,27,28,29,30). The van der Waals surface area contributed by atoms with Crippen molar-refractivity contribution in [2.75, 3.05) is 14.2 Å². The van der Waals surface area contributed by atoms with Crippen LogP contribution in [0, 0.1) is 0 Å². The molecule has 3 aromatic heterocycles. The number of benzene rings is 2. The summed E-state index contributed by atoms with van der Waals surface area (Å²) in [5, 5.41) is 14.9. The Morgan fingerprint density at radius 2 is 1.82 bits per heavy atom. The van der Waals surface area contributed by atoms with Gasteiger partial charge in [0.1, 0.15) is 5.75 Å². The van der Waals surface area contributed by atoms with Gasteiger partial charge in [-0.1, -0.05) is 11.3 Å². The molecule has 3 heterocycles. The van der Waals surface area contributed by atoms with Crippen LogP contribution in [0.15, 0.2) is 54.7 Å². The molecule has 0 amide bonds. The molecule has 2 N–H and O–H groups in total. The molecule has 0 saturated carbocycles. The summed E-state index contributed by atoms with van der Waals surface area (Å²) in [4.78, 5) is 12.6. The van der Waals surface area contributed by atoms with Crippen molar-refractivity contribution in [1.29, 1.82) is 0 Å². The number of hydrogen-bond donors (Lipinski definition) is 2. The van der Waals surface area contributed by atoms with E-state index in [9.17, 15) is 0 Å². The SMILES string of the molecule is COc1ccc(-c2ccnc(-c3cc4c(OC(C)c5nn[nH]n5)cccc4[nH]3)n2)cc1OC. The zero-order chi connectivity index (χ0) is 22.8. The molecule has 33 heavy (non-hydrogen) atoms. The summed E-state index contributed by atoms with van der Waals surface area (Å²) in [6.07, 6.45) is 1.37. The molecule has 1 unspecified atom stereocenters. The lowest BCUT2D eigenvalue weighted by molar-refractivity contribution is 0.219. The van der Waals surface area contributed by atoms with E-state index in [4.69, 9.17) is 19.2 Å². The first-order valence-corrected chi connectivity index (χ1v) is 10.2. The number of nitrogens with one attached hydrogen (secondary N) is 2. The van der Waals surface area contributed by atoms with E-state index in [-0.39, 0.29) is 6.10 Å². The normalized spacial score (nSPS) is 12.0. The summed E-state index contributed by atoms with van der Waals surface area (Å²) < 4.78 is 16.8. The molecule has 0 aliphatic carbocycles. The summed E-state index contributed by atoms with van der Waals surface area (Å²) in [5.74, 6) is 3.04. The molecule has 5 rings (SSSR count). The lowest BCUT2D eigenvalue weighted by Gasteiger charge is -2.11. The van der Waals surface area contributed by atoms with E-state index in [1.807, 2.05) is 55.5 Å². The molecule has 10 nitrogen and oxygen atoms in total. The Hall–Kier alpha value is -4.47. The Morgan fingerprint density at radius 1 is 0.939 bits per heavy atom. The van der Waals surface area contributed by atoms with Crippen molar-refractivity contribution < 1.29 is 14.2 Å². The topological polar surface area (TPSA) is 124 Å². The first-order chi connectivity index (χ1) is 16.2. The molecule has 0 saturated heterocycles. The van der Waals surface area contributed by atoms with E-state index in [0.717, 1.165) is 27.9 Å². The molecule has 0 aliphatic rings.